The lowest BCUT2D eigenvalue weighted by atomic mass is 10.1. The van der Waals surface area contributed by atoms with E-state index >= 15 is 0 Å². The minimum Gasteiger partial charge on any atom is -0.504 e. The summed E-state index contributed by atoms with van der Waals surface area (Å²) in [4.78, 5) is 52.5. The Balaban J connectivity index is 1.34. The average molecular weight is 638 g/mol. The van der Waals surface area contributed by atoms with E-state index in [4.69, 9.17) is 15.5 Å². The molecule has 2 aromatic carbocycles. The standard InChI is InChI=1S/C31H36N5O8P/c1-2-3-10-25-34-28-29(36(25)19-21-8-4-9-24(30(21)39)44-45(40,41)42)22-12-11-20(18-23(22)33-31(28)32)7-5-16-43-17-6-15-35-26(37)13-14-27(35)38/h4,8-9,11-14,18,39H,2-3,5-7,10,15-17,19H2,1H3,(H2,32,33)(H2,40,41,42). The van der Waals surface area contributed by atoms with Crippen LogP contribution < -0.4 is 10.3 Å². The molecule has 0 aliphatic carbocycles. The number of carbonyl (C=O) groups is 2. The number of imidazole rings is 1. The van der Waals surface area contributed by atoms with E-state index in [1.807, 2.05) is 22.8 Å². The number of unbranched alkanes of at least 4 members (excludes halogenated alkanes) is 1. The second kappa shape index (κ2) is 13.8. The first-order valence-corrected chi connectivity index (χ1v) is 16.3. The molecule has 0 spiro atoms. The van der Waals surface area contributed by atoms with Gasteiger partial charge in [0.25, 0.3) is 11.8 Å². The molecule has 3 heterocycles. The van der Waals surface area contributed by atoms with E-state index in [1.165, 1.54) is 23.1 Å². The number of anilines is 1. The Hall–Kier alpha value is -4.29. The van der Waals surface area contributed by atoms with Gasteiger partial charge in [-0.05, 0) is 43.4 Å². The van der Waals surface area contributed by atoms with Crippen LogP contribution in [-0.2, 0) is 38.3 Å². The van der Waals surface area contributed by atoms with Gasteiger partial charge < -0.3 is 24.7 Å². The number of para-hydroxylation sites is 1. The number of phosphoric acid groups is 1. The van der Waals surface area contributed by atoms with E-state index in [0.717, 1.165) is 48.0 Å². The Morgan fingerprint density at radius 1 is 0.978 bits per heavy atom. The third-order valence-corrected chi connectivity index (χ3v) is 7.99. The Morgan fingerprint density at radius 2 is 1.73 bits per heavy atom. The van der Waals surface area contributed by atoms with Crippen molar-refractivity contribution >= 4 is 47.4 Å². The van der Waals surface area contributed by atoms with Gasteiger partial charge in [-0.2, -0.15) is 0 Å². The van der Waals surface area contributed by atoms with Crippen LogP contribution in [0, 0.1) is 0 Å². The van der Waals surface area contributed by atoms with Crippen molar-refractivity contribution in [2.75, 3.05) is 25.5 Å². The number of aromatic hydroxyl groups is 1. The molecule has 13 nitrogen and oxygen atoms in total. The summed E-state index contributed by atoms with van der Waals surface area (Å²) < 4.78 is 23.8. The Bertz CT molecular complexity index is 1800. The molecule has 1 aliphatic heterocycles. The number of hydrogen-bond acceptors (Lipinski definition) is 9. The van der Waals surface area contributed by atoms with Gasteiger partial charge in [-0.15, -0.1) is 0 Å². The Morgan fingerprint density at radius 3 is 2.47 bits per heavy atom. The normalized spacial score (nSPS) is 13.5. The summed E-state index contributed by atoms with van der Waals surface area (Å²) in [5.74, 6) is -0.220. The van der Waals surface area contributed by atoms with Crippen molar-refractivity contribution in [2.24, 2.45) is 0 Å². The molecule has 0 atom stereocenters. The maximum absolute atomic E-state index is 11.6. The second-order valence-corrected chi connectivity index (χ2v) is 12.0. The SMILES string of the molecule is CCCCc1nc2c(N)nc3cc(CCCOCCCN4C(=O)C=CC4=O)ccc3c2n1Cc1cccc(OP(=O)(O)O)c1O. The highest BCUT2D eigenvalue weighted by Gasteiger charge is 2.23. The van der Waals surface area contributed by atoms with Gasteiger partial charge in [-0.3, -0.25) is 24.3 Å². The zero-order valence-electron chi connectivity index (χ0n) is 24.9. The molecule has 2 amide bonds. The number of nitrogens with two attached hydrogens (primary N) is 1. The highest BCUT2D eigenvalue weighted by Crippen LogP contribution is 2.43. The number of imide groups is 1. The highest BCUT2D eigenvalue weighted by molar-refractivity contribution is 7.46. The van der Waals surface area contributed by atoms with Crippen LogP contribution in [0.15, 0.2) is 48.6 Å². The number of amides is 2. The molecule has 0 saturated carbocycles. The van der Waals surface area contributed by atoms with Crippen molar-refractivity contribution < 1.29 is 38.3 Å². The van der Waals surface area contributed by atoms with E-state index in [9.17, 15) is 29.0 Å². The van der Waals surface area contributed by atoms with E-state index in [-0.39, 0.29) is 35.7 Å². The number of phenols is 1. The maximum atomic E-state index is 11.6. The molecule has 0 fully saturated rings. The number of nitrogens with zero attached hydrogens (tertiary/aromatic N) is 4. The number of hydrogen-bond donors (Lipinski definition) is 4. The van der Waals surface area contributed by atoms with E-state index in [0.29, 0.717) is 49.2 Å². The van der Waals surface area contributed by atoms with Crippen LogP contribution in [0.4, 0.5) is 5.82 Å². The van der Waals surface area contributed by atoms with Gasteiger partial charge in [0.15, 0.2) is 17.3 Å². The summed E-state index contributed by atoms with van der Waals surface area (Å²) in [7, 11) is -4.87. The number of phosphoric ester groups is 1. The molecule has 0 saturated heterocycles. The van der Waals surface area contributed by atoms with Gasteiger partial charge in [0.05, 0.1) is 17.6 Å². The van der Waals surface area contributed by atoms with Crippen LogP contribution in [0.5, 0.6) is 11.5 Å². The predicted octanol–water partition coefficient (Wildman–Crippen LogP) is 4.00. The van der Waals surface area contributed by atoms with Gasteiger partial charge in [0, 0.05) is 49.3 Å². The summed E-state index contributed by atoms with van der Waals surface area (Å²) in [6.45, 7) is 3.54. The monoisotopic (exact) mass is 637 g/mol. The molecule has 5 N–H and O–H groups in total. The molecule has 238 valence electrons. The number of carbonyl (C=O) groups excluding carboxylic acids is 2. The molecule has 45 heavy (non-hydrogen) atoms. The first kappa shape index (κ1) is 32.1. The molecule has 1 aliphatic rings. The number of ether oxygens (including phenoxy) is 1. The fourth-order valence-corrected chi connectivity index (χ4v) is 5.78. The quantitative estimate of drug-likeness (QED) is 0.0837. The van der Waals surface area contributed by atoms with Gasteiger partial charge in [0.2, 0.25) is 0 Å². The lowest BCUT2D eigenvalue weighted by molar-refractivity contribution is -0.136. The predicted molar refractivity (Wildman–Crippen MR) is 168 cm³/mol. The minimum atomic E-state index is -4.87. The average Bonchev–Trinajstić information content (AvgIpc) is 3.51. The largest absolute Gasteiger partial charge is 0.524 e. The molecular formula is C31H36N5O8P. The number of rotatable bonds is 15. The summed E-state index contributed by atoms with van der Waals surface area (Å²) >= 11 is 0. The lowest BCUT2D eigenvalue weighted by Crippen LogP contribution is -2.31. The van der Waals surface area contributed by atoms with Crippen LogP contribution in [0.25, 0.3) is 21.9 Å². The van der Waals surface area contributed by atoms with E-state index < -0.39 is 7.82 Å². The zero-order chi connectivity index (χ0) is 32.1. The number of phenolic OH excluding ortho intramolecular Hbond substituents is 1. The third-order valence-electron chi connectivity index (χ3n) is 7.55. The second-order valence-electron chi connectivity index (χ2n) is 10.8. The van der Waals surface area contributed by atoms with Crippen molar-refractivity contribution in [1.82, 2.24) is 19.4 Å². The molecule has 2 aromatic heterocycles. The summed E-state index contributed by atoms with van der Waals surface area (Å²) in [6.07, 6.45) is 7.10. The van der Waals surface area contributed by atoms with Crippen molar-refractivity contribution in [3.63, 3.8) is 0 Å². The molecule has 14 heteroatoms. The van der Waals surface area contributed by atoms with Gasteiger partial charge in [-0.25, -0.2) is 14.5 Å². The molecular weight excluding hydrogens is 601 g/mol. The lowest BCUT2D eigenvalue weighted by Gasteiger charge is -2.15. The van der Waals surface area contributed by atoms with E-state index in [2.05, 4.69) is 16.4 Å². The third kappa shape index (κ3) is 7.51. The number of benzene rings is 2. The number of aryl methyl sites for hydroxylation is 2. The van der Waals surface area contributed by atoms with Crippen molar-refractivity contribution in [2.45, 2.75) is 52.0 Å². The minimum absolute atomic E-state index is 0.161. The van der Waals surface area contributed by atoms with Crippen LogP contribution >= 0.6 is 7.82 Å². The maximum Gasteiger partial charge on any atom is 0.524 e. The molecule has 4 aromatic rings. The molecule has 0 radical (unpaired) electrons. The van der Waals surface area contributed by atoms with Crippen LogP contribution in [0.2, 0.25) is 0 Å². The zero-order valence-corrected chi connectivity index (χ0v) is 25.8. The molecule has 0 bridgehead atoms. The fourth-order valence-electron chi connectivity index (χ4n) is 5.38. The first-order valence-electron chi connectivity index (χ1n) is 14.8. The fraction of sp³-hybridized carbons (Fsp3) is 0.355. The van der Waals surface area contributed by atoms with Crippen molar-refractivity contribution in [1.29, 1.82) is 0 Å². The number of aromatic nitrogens is 3. The van der Waals surface area contributed by atoms with Gasteiger partial charge in [0.1, 0.15) is 11.3 Å². The van der Waals surface area contributed by atoms with Gasteiger partial charge >= 0.3 is 7.82 Å². The smallest absolute Gasteiger partial charge is 0.504 e. The number of nitrogen functional groups attached to an aromatic ring is 1. The molecule has 0 unspecified atom stereocenters. The van der Waals surface area contributed by atoms with Crippen LogP contribution in [0.3, 0.4) is 0 Å². The topological polar surface area (TPSA) is 190 Å². The Labute approximate surface area is 259 Å². The summed E-state index contributed by atoms with van der Waals surface area (Å²) in [5.41, 5.74) is 9.86. The van der Waals surface area contributed by atoms with Gasteiger partial charge in [-0.1, -0.05) is 37.6 Å². The highest BCUT2D eigenvalue weighted by atomic mass is 31.2. The van der Waals surface area contributed by atoms with Crippen molar-refractivity contribution in [3.8, 4) is 11.5 Å². The van der Waals surface area contributed by atoms with Crippen LogP contribution in [0.1, 0.15) is 49.6 Å². The first-order chi connectivity index (χ1) is 21.6. The Kier molecular flexibility index (Phi) is 9.83. The van der Waals surface area contributed by atoms with Crippen molar-refractivity contribution in [3.05, 3.63) is 65.5 Å². The number of pyridine rings is 1. The molecule has 5 rings (SSSR count). The summed E-state index contributed by atoms with van der Waals surface area (Å²) in [6, 6.07) is 10.5. The number of fused-ring (bicyclic) bond motifs is 3. The van der Waals surface area contributed by atoms with Crippen LogP contribution in [-0.4, -0.2) is 65.9 Å². The van der Waals surface area contributed by atoms with E-state index in [1.54, 1.807) is 12.1 Å². The summed E-state index contributed by atoms with van der Waals surface area (Å²) in [5, 5.41) is 11.7.